The number of anilines is 1. The maximum absolute atomic E-state index is 12.7. The SMILES string of the molecule is CO/N=C(\C(=O)NC1C(=O)N(S(=O)(=O)O)C1C(=O)OC)c1ncsc1NC(=O)C(Cl)Cl. The van der Waals surface area contributed by atoms with E-state index in [1.807, 2.05) is 0 Å². The first-order valence-corrected chi connectivity index (χ1v) is 10.9. The normalized spacial score (nSPS) is 19.0. The molecule has 0 radical (unpaired) electrons. The molecule has 3 amide bonds. The number of nitrogens with one attached hydrogen (secondary N) is 2. The summed E-state index contributed by atoms with van der Waals surface area (Å²) in [5.74, 6) is -4.47. The number of esters is 1. The molecule has 31 heavy (non-hydrogen) atoms. The van der Waals surface area contributed by atoms with Crippen LogP contribution in [0.1, 0.15) is 5.69 Å². The van der Waals surface area contributed by atoms with Crippen molar-refractivity contribution in [2.45, 2.75) is 16.9 Å². The number of amides is 3. The van der Waals surface area contributed by atoms with Gasteiger partial charge in [-0.05, 0) is 0 Å². The largest absolute Gasteiger partial charge is 0.467 e. The molecule has 2 rings (SSSR count). The summed E-state index contributed by atoms with van der Waals surface area (Å²) in [5.41, 5.74) is 0.508. The van der Waals surface area contributed by atoms with Gasteiger partial charge < -0.3 is 20.2 Å². The highest BCUT2D eigenvalue weighted by Crippen LogP contribution is 2.26. The molecule has 2 atom stereocenters. The van der Waals surface area contributed by atoms with Crippen LogP contribution in [0.25, 0.3) is 0 Å². The molecule has 1 aliphatic heterocycles. The average Bonchev–Trinajstić information content (AvgIpc) is 3.13. The third-order valence-electron chi connectivity index (χ3n) is 3.65. The zero-order valence-electron chi connectivity index (χ0n) is 15.4. The molecule has 1 saturated heterocycles. The van der Waals surface area contributed by atoms with E-state index >= 15 is 0 Å². The minimum atomic E-state index is -5.10. The molecule has 0 spiro atoms. The first kappa shape index (κ1) is 24.7. The Labute approximate surface area is 188 Å². The molecule has 14 nitrogen and oxygen atoms in total. The molecule has 1 fully saturated rings. The van der Waals surface area contributed by atoms with Crippen LogP contribution in [-0.2, 0) is 39.1 Å². The van der Waals surface area contributed by atoms with Crippen LogP contribution < -0.4 is 10.6 Å². The monoisotopic (exact) mass is 517 g/mol. The molecule has 3 N–H and O–H groups in total. The van der Waals surface area contributed by atoms with E-state index in [9.17, 15) is 27.6 Å². The first-order valence-electron chi connectivity index (χ1n) is 7.77. The van der Waals surface area contributed by atoms with Crippen molar-refractivity contribution in [1.29, 1.82) is 0 Å². The van der Waals surface area contributed by atoms with Gasteiger partial charge in [0.1, 0.15) is 23.8 Å². The van der Waals surface area contributed by atoms with E-state index in [1.54, 1.807) is 0 Å². The third kappa shape index (κ3) is 5.21. The van der Waals surface area contributed by atoms with Crippen molar-refractivity contribution < 1.29 is 41.7 Å². The molecule has 18 heteroatoms. The topological polar surface area (TPSA) is 194 Å². The van der Waals surface area contributed by atoms with Crippen LogP contribution in [-0.4, -0.2) is 82.8 Å². The van der Waals surface area contributed by atoms with Gasteiger partial charge >= 0.3 is 16.3 Å². The van der Waals surface area contributed by atoms with Gasteiger partial charge in [-0.15, -0.1) is 11.3 Å². The van der Waals surface area contributed by atoms with Crippen LogP contribution in [0, 0.1) is 0 Å². The van der Waals surface area contributed by atoms with E-state index in [0.717, 1.165) is 25.6 Å². The number of nitrogens with zero attached hydrogens (tertiary/aromatic N) is 3. The van der Waals surface area contributed by atoms with Crippen LogP contribution >= 0.6 is 34.5 Å². The number of alkyl halides is 2. The molecule has 2 unspecified atom stereocenters. The lowest BCUT2D eigenvalue weighted by molar-refractivity contribution is -0.162. The quantitative estimate of drug-likeness (QED) is 0.0950. The van der Waals surface area contributed by atoms with Gasteiger partial charge in [0.15, 0.2) is 16.6 Å². The fourth-order valence-electron chi connectivity index (χ4n) is 2.38. The van der Waals surface area contributed by atoms with E-state index in [1.165, 1.54) is 5.51 Å². The lowest BCUT2D eigenvalue weighted by Crippen LogP contribution is -2.74. The highest BCUT2D eigenvalue weighted by Gasteiger charge is 2.58. The second-order valence-electron chi connectivity index (χ2n) is 5.47. The lowest BCUT2D eigenvalue weighted by Gasteiger charge is -2.41. The van der Waals surface area contributed by atoms with Crippen molar-refractivity contribution in [1.82, 2.24) is 14.6 Å². The Balaban J connectivity index is 2.31. The van der Waals surface area contributed by atoms with Crippen LogP contribution in [0.4, 0.5) is 5.00 Å². The molecular formula is C13H13Cl2N5O9S2. The number of methoxy groups -OCH3 is 1. The van der Waals surface area contributed by atoms with Gasteiger partial charge in [-0.2, -0.15) is 12.7 Å². The summed E-state index contributed by atoms with van der Waals surface area (Å²) in [4.78, 5) is 55.5. The van der Waals surface area contributed by atoms with Crippen molar-refractivity contribution >= 4 is 79.2 Å². The number of hydrogen-bond donors (Lipinski definition) is 3. The van der Waals surface area contributed by atoms with Gasteiger partial charge in [0.25, 0.3) is 17.7 Å². The van der Waals surface area contributed by atoms with E-state index in [-0.39, 0.29) is 15.0 Å². The molecule has 170 valence electrons. The summed E-state index contributed by atoms with van der Waals surface area (Å²) in [6, 6.07) is -3.57. The third-order valence-corrected chi connectivity index (χ3v) is 5.70. The lowest BCUT2D eigenvalue weighted by atomic mass is 9.98. The zero-order chi connectivity index (χ0) is 23.5. The van der Waals surface area contributed by atoms with E-state index in [0.29, 0.717) is 0 Å². The number of carbonyl (C=O) groups excluding carboxylic acids is 4. The van der Waals surface area contributed by atoms with Crippen molar-refractivity contribution in [3.63, 3.8) is 0 Å². The van der Waals surface area contributed by atoms with Crippen LogP contribution in [0.2, 0.25) is 0 Å². The van der Waals surface area contributed by atoms with E-state index in [2.05, 4.69) is 30.3 Å². The Morgan fingerprint density at radius 3 is 2.52 bits per heavy atom. The van der Waals surface area contributed by atoms with E-state index in [4.69, 9.17) is 27.8 Å². The van der Waals surface area contributed by atoms with Crippen LogP contribution in [0.3, 0.4) is 0 Å². The second-order valence-corrected chi connectivity index (χ2v) is 8.71. The van der Waals surface area contributed by atoms with Crippen molar-refractivity contribution in [3.05, 3.63) is 11.2 Å². The van der Waals surface area contributed by atoms with Crippen LogP contribution in [0.15, 0.2) is 10.7 Å². The van der Waals surface area contributed by atoms with Crippen LogP contribution in [0.5, 0.6) is 0 Å². The molecule has 1 aliphatic rings. The standard InChI is InChI=1S/C13H13Cl2N5O9S2/c1-28-13(24)7-6(12(23)20(7)31(25,26)27)17-9(21)4(19-29-2)5-11(30-3-16-5)18-10(22)8(14)15/h3,6-8H,1-2H3,(H,17,21)(H,18,22)(H,25,26,27)/b19-4-. The summed E-state index contributed by atoms with van der Waals surface area (Å²) in [6.45, 7) is 0. The van der Waals surface area contributed by atoms with Gasteiger partial charge in [0.2, 0.25) is 0 Å². The predicted molar refractivity (Wildman–Crippen MR) is 106 cm³/mol. The summed E-state index contributed by atoms with van der Waals surface area (Å²) < 4.78 is 36.1. The Hall–Kier alpha value is -2.53. The second kappa shape index (κ2) is 9.73. The highest BCUT2D eigenvalue weighted by atomic mass is 35.5. The number of carbonyl (C=O) groups is 4. The maximum atomic E-state index is 12.7. The number of β-lactam (4-membered cyclic amide) rings is 1. The highest BCUT2D eigenvalue weighted by molar-refractivity contribution is 7.84. The molecule has 0 bridgehead atoms. The number of oxime groups is 1. The van der Waals surface area contributed by atoms with Gasteiger partial charge in [0.05, 0.1) is 12.6 Å². The number of ether oxygens (including phenoxy) is 1. The van der Waals surface area contributed by atoms with Gasteiger partial charge in [-0.25, -0.2) is 9.78 Å². The smallest absolute Gasteiger partial charge is 0.363 e. The summed E-state index contributed by atoms with van der Waals surface area (Å²) >= 11 is 11.8. The Bertz CT molecular complexity index is 1040. The zero-order valence-corrected chi connectivity index (χ0v) is 18.6. The molecule has 0 saturated carbocycles. The molecule has 2 heterocycles. The number of hydrogen-bond acceptors (Lipinski definition) is 11. The Kier molecular flexibility index (Phi) is 7.77. The fraction of sp³-hybridized carbons (Fsp3) is 0.385. The molecule has 1 aromatic rings. The minimum absolute atomic E-state index is 0.00580. The average molecular weight is 518 g/mol. The number of aromatic nitrogens is 1. The Morgan fingerprint density at radius 2 is 2.00 bits per heavy atom. The van der Waals surface area contributed by atoms with Gasteiger partial charge in [0, 0.05) is 0 Å². The number of halogens is 2. The molecule has 1 aromatic heterocycles. The van der Waals surface area contributed by atoms with Crippen molar-refractivity contribution in [2.24, 2.45) is 5.16 Å². The molecular weight excluding hydrogens is 505 g/mol. The molecule has 0 aliphatic carbocycles. The number of rotatable bonds is 8. The summed E-state index contributed by atoms with van der Waals surface area (Å²) in [5, 5.41) is 7.91. The van der Waals surface area contributed by atoms with Gasteiger partial charge in [-0.1, -0.05) is 28.4 Å². The summed E-state index contributed by atoms with van der Waals surface area (Å²) in [7, 11) is -3.09. The minimum Gasteiger partial charge on any atom is -0.467 e. The first-order chi connectivity index (χ1) is 14.4. The Morgan fingerprint density at radius 1 is 1.35 bits per heavy atom. The van der Waals surface area contributed by atoms with Crippen molar-refractivity contribution in [3.8, 4) is 0 Å². The predicted octanol–water partition coefficient (Wildman–Crippen LogP) is -1.09. The van der Waals surface area contributed by atoms with Gasteiger partial charge in [-0.3, -0.25) is 18.9 Å². The van der Waals surface area contributed by atoms with E-state index < -0.39 is 56.6 Å². The molecule has 0 aromatic carbocycles. The summed E-state index contributed by atoms with van der Waals surface area (Å²) in [6.07, 6.45) is 0. The fourth-order valence-corrected chi connectivity index (χ4v) is 4.00. The van der Waals surface area contributed by atoms with Crippen molar-refractivity contribution in [2.75, 3.05) is 19.5 Å². The maximum Gasteiger partial charge on any atom is 0.363 e. The number of thiazole rings is 1.